The fourth-order valence-electron chi connectivity index (χ4n) is 2.73. The van der Waals surface area contributed by atoms with Crippen molar-refractivity contribution in [2.75, 3.05) is 19.6 Å². The Morgan fingerprint density at radius 3 is 2.88 bits per heavy atom. The number of likely N-dealkylation sites (tertiary alicyclic amines) is 1. The highest BCUT2D eigenvalue weighted by molar-refractivity contribution is 7.08. The number of hydrogen-bond donors (Lipinski definition) is 1. The Labute approximate surface area is 109 Å². The van der Waals surface area contributed by atoms with E-state index in [1.807, 2.05) is 11.3 Å². The second kappa shape index (κ2) is 5.98. The smallest absolute Gasteiger partial charge is 0.0244 e. The molecule has 0 aliphatic carbocycles. The first kappa shape index (κ1) is 13.1. The van der Waals surface area contributed by atoms with Crippen LogP contribution in [0.1, 0.15) is 31.4 Å². The molecule has 1 aliphatic heterocycles. The molecule has 0 aromatic carbocycles. The number of aryl methyl sites for hydroxylation is 1. The van der Waals surface area contributed by atoms with Crippen molar-refractivity contribution in [3.8, 4) is 0 Å². The van der Waals surface area contributed by atoms with Crippen LogP contribution in [0, 0.1) is 12.8 Å². The van der Waals surface area contributed by atoms with E-state index in [0.29, 0.717) is 0 Å². The van der Waals surface area contributed by atoms with Crippen molar-refractivity contribution in [3.05, 3.63) is 21.9 Å². The molecule has 0 radical (unpaired) electrons. The van der Waals surface area contributed by atoms with Crippen molar-refractivity contribution < 1.29 is 0 Å². The van der Waals surface area contributed by atoms with E-state index < -0.39 is 0 Å². The van der Waals surface area contributed by atoms with E-state index in [1.165, 1.54) is 30.6 Å². The fraction of sp³-hybridized carbons (Fsp3) is 0.714. The van der Waals surface area contributed by atoms with Gasteiger partial charge >= 0.3 is 0 Å². The molecule has 2 nitrogen and oxygen atoms in total. The molecule has 0 amide bonds. The summed E-state index contributed by atoms with van der Waals surface area (Å²) in [6, 6.07) is 0.722. The van der Waals surface area contributed by atoms with Crippen LogP contribution in [0.3, 0.4) is 0 Å². The lowest BCUT2D eigenvalue weighted by atomic mass is 9.93. The molecule has 3 heteroatoms. The topological polar surface area (TPSA) is 15.3 Å². The Bertz CT molecular complexity index is 348. The Morgan fingerprint density at radius 1 is 1.47 bits per heavy atom. The van der Waals surface area contributed by atoms with Gasteiger partial charge in [0.1, 0.15) is 0 Å². The van der Waals surface area contributed by atoms with Crippen LogP contribution >= 0.6 is 11.3 Å². The van der Waals surface area contributed by atoms with Gasteiger partial charge in [-0.2, -0.15) is 11.3 Å². The fourth-order valence-corrected chi connectivity index (χ4v) is 3.58. The number of hydrogen-bond acceptors (Lipinski definition) is 3. The van der Waals surface area contributed by atoms with Crippen LogP contribution in [0.4, 0.5) is 0 Å². The molecule has 17 heavy (non-hydrogen) atoms. The summed E-state index contributed by atoms with van der Waals surface area (Å²) in [5, 5.41) is 8.16. The summed E-state index contributed by atoms with van der Waals surface area (Å²) < 4.78 is 0. The van der Waals surface area contributed by atoms with E-state index in [9.17, 15) is 0 Å². The molecule has 2 atom stereocenters. The molecule has 1 aromatic heterocycles. The number of nitrogens with zero attached hydrogens (tertiary/aromatic N) is 1. The van der Waals surface area contributed by atoms with Gasteiger partial charge in [-0.1, -0.05) is 13.8 Å². The zero-order chi connectivity index (χ0) is 12.3. The monoisotopic (exact) mass is 252 g/mol. The molecule has 1 aromatic rings. The van der Waals surface area contributed by atoms with E-state index >= 15 is 0 Å². The van der Waals surface area contributed by atoms with E-state index in [0.717, 1.165) is 25.0 Å². The molecule has 2 rings (SSSR count). The molecule has 0 bridgehead atoms. The predicted octanol–water partition coefficient (Wildman–Crippen LogP) is 2.88. The maximum Gasteiger partial charge on any atom is 0.0244 e. The van der Waals surface area contributed by atoms with Gasteiger partial charge in [0.2, 0.25) is 0 Å². The third-order valence-electron chi connectivity index (χ3n) is 3.81. The third kappa shape index (κ3) is 3.30. The maximum absolute atomic E-state index is 3.60. The lowest BCUT2D eigenvalue weighted by molar-refractivity contribution is 0.142. The van der Waals surface area contributed by atoms with Gasteiger partial charge in [-0.25, -0.2) is 0 Å². The summed E-state index contributed by atoms with van der Waals surface area (Å²) in [4.78, 5) is 2.60. The van der Waals surface area contributed by atoms with Crippen LogP contribution in [0.5, 0.6) is 0 Å². The normalized spacial score (nSPS) is 26.3. The molecule has 1 N–H and O–H groups in total. The van der Waals surface area contributed by atoms with Crippen molar-refractivity contribution in [2.45, 2.75) is 39.8 Å². The standard InChI is InChI=1S/C14H24N2S/c1-4-15-14-5-6-16(7-11(14)2)8-13-10-17-9-12(13)3/h9-11,14-15H,4-8H2,1-3H3. The molecule has 1 aliphatic rings. The minimum absolute atomic E-state index is 0.722. The van der Waals surface area contributed by atoms with Crippen molar-refractivity contribution in [1.29, 1.82) is 0 Å². The minimum Gasteiger partial charge on any atom is -0.314 e. The molecular formula is C14H24N2S. The molecule has 0 saturated carbocycles. The van der Waals surface area contributed by atoms with Crippen LogP contribution in [-0.2, 0) is 6.54 Å². The molecule has 1 fully saturated rings. The summed E-state index contributed by atoms with van der Waals surface area (Å²) in [6.07, 6.45) is 1.29. The SMILES string of the molecule is CCNC1CCN(Cc2cscc2C)CC1C. The van der Waals surface area contributed by atoms with Gasteiger partial charge in [0.25, 0.3) is 0 Å². The number of piperidine rings is 1. The summed E-state index contributed by atoms with van der Waals surface area (Å²) in [5.41, 5.74) is 2.97. The van der Waals surface area contributed by atoms with Crippen molar-refractivity contribution >= 4 is 11.3 Å². The van der Waals surface area contributed by atoms with Crippen molar-refractivity contribution in [2.24, 2.45) is 5.92 Å². The second-order valence-electron chi connectivity index (χ2n) is 5.25. The number of nitrogens with one attached hydrogen (secondary N) is 1. The van der Waals surface area contributed by atoms with Crippen LogP contribution in [-0.4, -0.2) is 30.6 Å². The molecular weight excluding hydrogens is 228 g/mol. The van der Waals surface area contributed by atoms with Gasteiger partial charge in [0, 0.05) is 19.1 Å². The van der Waals surface area contributed by atoms with Crippen LogP contribution in [0.25, 0.3) is 0 Å². The van der Waals surface area contributed by atoms with Gasteiger partial charge in [-0.3, -0.25) is 4.90 Å². The number of thiophene rings is 1. The van der Waals surface area contributed by atoms with Gasteiger partial charge < -0.3 is 5.32 Å². The van der Waals surface area contributed by atoms with Crippen molar-refractivity contribution in [3.63, 3.8) is 0 Å². The molecule has 0 spiro atoms. The van der Waals surface area contributed by atoms with Crippen LogP contribution in [0.15, 0.2) is 10.8 Å². The Kier molecular flexibility index (Phi) is 4.60. The first-order chi connectivity index (χ1) is 8.20. The first-order valence-electron chi connectivity index (χ1n) is 6.68. The third-order valence-corrected chi connectivity index (χ3v) is 4.72. The Morgan fingerprint density at radius 2 is 2.29 bits per heavy atom. The van der Waals surface area contributed by atoms with Gasteiger partial charge in [-0.15, -0.1) is 0 Å². The quantitative estimate of drug-likeness (QED) is 0.886. The van der Waals surface area contributed by atoms with Gasteiger partial charge in [-0.05, 0) is 54.2 Å². The summed E-state index contributed by atoms with van der Waals surface area (Å²) >= 11 is 1.83. The van der Waals surface area contributed by atoms with Crippen molar-refractivity contribution in [1.82, 2.24) is 10.2 Å². The minimum atomic E-state index is 0.722. The van der Waals surface area contributed by atoms with Crippen LogP contribution in [0.2, 0.25) is 0 Å². The highest BCUT2D eigenvalue weighted by Gasteiger charge is 2.25. The molecule has 96 valence electrons. The molecule has 1 saturated heterocycles. The lowest BCUT2D eigenvalue weighted by Gasteiger charge is -2.37. The van der Waals surface area contributed by atoms with E-state index in [2.05, 4.69) is 41.7 Å². The van der Waals surface area contributed by atoms with E-state index in [1.54, 1.807) is 0 Å². The van der Waals surface area contributed by atoms with Crippen LogP contribution < -0.4 is 5.32 Å². The second-order valence-corrected chi connectivity index (χ2v) is 5.99. The predicted molar refractivity (Wildman–Crippen MR) is 75.6 cm³/mol. The van der Waals surface area contributed by atoms with E-state index in [-0.39, 0.29) is 0 Å². The highest BCUT2D eigenvalue weighted by atomic mass is 32.1. The summed E-state index contributed by atoms with van der Waals surface area (Å²) in [7, 11) is 0. The Balaban J connectivity index is 1.87. The largest absolute Gasteiger partial charge is 0.314 e. The van der Waals surface area contributed by atoms with E-state index in [4.69, 9.17) is 0 Å². The van der Waals surface area contributed by atoms with Gasteiger partial charge in [0.05, 0.1) is 0 Å². The molecule has 2 heterocycles. The Hall–Kier alpha value is -0.380. The maximum atomic E-state index is 3.60. The van der Waals surface area contributed by atoms with Gasteiger partial charge in [0.15, 0.2) is 0 Å². The average molecular weight is 252 g/mol. The lowest BCUT2D eigenvalue weighted by Crippen LogP contribution is -2.47. The first-order valence-corrected chi connectivity index (χ1v) is 7.62. The molecule has 2 unspecified atom stereocenters. The zero-order valence-corrected chi connectivity index (χ0v) is 12.0. The number of rotatable bonds is 4. The highest BCUT2D eigenvalue weighted by Crippen LogP contribution is 2.21. The zero-order valence-electron chi connectivity index (χ0n) is 11.2. The average Bonchev–Trinajstić information content (AvgIpc) is 2.69. The summed E-state index contributed by atoms with van der Waals surface area (Å²) in [5.74, 6) is 0.766. The summed E-state index contributed by atoms with van der Waals surface area (Å²) in [6.45, 7) is 11.5.